The first kappa shape index (κ1) is 32.2. The molecule has 0 amide bonds. The van der Waals surface area contributed by atoms with E-state index in [4.69, 9.17) is 19.2 Å². The van der Waals surface area contributed by atoms with Crippen LogP contribution in [0.15, 0.2) is 115 Å². The third-order valence-electron chi connectivity index (χ3n) is 8.95. The average molecular weight is 631 g/mol. The number of piperidine rings is 1. The third-order valence-corrected chi connectivity index (χ3v) is 8.95. The van der Waals surface area contributed by atoms with E-state index >= 15 is 0 Å². The summed E-state index contributed by atoms with van der Waals surface area (Å²) >= 11 is 0. The van der Waals surface area contributed by atoms with Gasteiger partial charge in [-0.1, -0.05) is 18.2 Å². The standard InChI is InChI=1S/C40H46N4O3/c1-4-46-37-12-6-32(7-13-37)39-26-30(18-22-41-39)28-43-24-20-35(21-25-43)44(34-10-16-36(45-3)17-11-34)29-31-19-23-42-40(27-31)33-8-14-38(15-9-33)47-5-2/h6-19,22-23,26-27,35,39,41H,4-5,20-21,24-25,28-29H2,1-3H3. The molecule has 1 saturated heterocycles. The van der Waals surface area contributed by atoms with Crippen LogP contribution in [0.5, 0.6) is 17.2 Å². The van der Waals surface area contributed by atoms with E-state index in [9.17, 15) is 0 Å². The molecule has 0 aliphatic carbocycles. The van der Waals surface area contributed by atoms with Crippen LogP contribution in [0.3, 0.4) is 0 Å². The van der Waals surface area contributed by atoms with Gasteiger partial charge in [0.05, 0.1) is 32.1 Å². The Labute approximate surface area is 279 Å². The number of methoxy groups -OCH3 is 1. The molecule has 6 rings (SSSR count). The molecule has 0 saturated carbocycles. The minimum atomic E-state index is 0.168. The van der Waals surface area contributed by atoms with Crippen LogP contribution >= 0.6 is 0 Å². The van der Waals surface area contributed by atoms with Crippen molar-refractivity contribution >= 4 is 5.69 Å². The summed E-state index contributed by atoms with van der Waals surface area (Å²) in [5.41, 5.74) is 7.11. The highest BCUT2D eigenvalue weighted by molar-refractivity contribution is 5.61. The van der Waals surface area contributed by atoms with E-state index in [-0.39, 0.29) is 6.04 Å². The van der Waals surface area contributed by atoms with Crippen molar-refractivity contribution < 1.29 is 14.2 Å². The summed E-state index contributed by atoms with van der Waals surface area (Å²) in [5.74, 6) is 2.66. The van der Waals surface area contributed by atoms with Gasteiger partial charge < -0.3 is 24.4 Å². The van der Waals surface area contributed by atoms with Gasteiger partial charge in [0.25, 0.3) is 0 Å². The summed E-state index contributed by atoms with van der Waals surface area (Å²) in [7, 11) is 1.72. The Kier molecular flexibility index (Phi) is 10.8. The molecular weight excluding hydrogens is 584 g/mol. The number of benzene rings is 3. The van der Waals surface area contributed by atoms with Crippen LogP contribution in [-0.4, -0.2) is 55.9 Å². The molecule has 0 bridgehead atoms. The molecule has 47 heavy (non-hydrogen) atoms. The van der Waals surface area contributed by atoms with Crippen molar-refractivity contribution in [3.63, 3.8) is 0 Å². The van der Waals surface area contributed by atoms with Crippen LogP contribution in [-0.2, 0) is 6.54 Å². The van der Waals surface area contributed by atoms with E-state index < -0.39 is 0 Å². The highest BCUT2D eigenvalue weighted by Gasteiger charge is 2.26. The van der Waals surface area contributed by atoms with Gasteiger partial charge in [0, 0.05) is 49.7 Å². The first-order valence-electron chi connectivity index (χ1n) is 16.8. The Balaban J connectivity index is 1.13. The van der Waals surface area contributed by atoms with Crippen molar-refractivity contribution in [2.24, 2.45) is 0 Å². The lowest BCUT2D eigenvalue weighted by atomic mass is 9.98. The summed E-state index contributed by atoms with van der Waals surface area (Å²) < 4.78 is 16.7. The number of hydrogen-bond acceptors (Lipinski definition) is 7. The van der Waals surface area contributed by atoms with Crippen molar-refractivity contribution in [1.29, 1.82) is 0 Å². The number of rotatable bonds is 13. The molecule has 0 spiro atoms. The lowest BCUT2D eigenvalue weighted by Gasteiger charge is -2.40. The van der Waals surface area contributed by atoms with E-state index in [1.807, 2.05) is 32.2 Å². The quantitative estimate of drug-likeness (QED) is 0.162. The maximum atomic E-state index is 5.64. The molecular formula is C40H46N4O3. The fraction of sp³-hybridized carbons (Fsp3) is 0.325. The molecule has 3 heterocycles. The lowest BCUT2D eigenvalue weighted by molar-refractivity contribution is 0.224. The van der Waals surface area contributed by atoms with Gasteiger partial charge in [-0.3, -0.25) is 9.88 Å². The fourth-order valence-electron chi connectivity index (χ4n) is 6.48. The third kappa shape index (κ3) is 8.35. The van der Waals surface area contributed by atoms with Crippen LogP contribution in [0, 0.1) is 0 Å². The summed E-state index contributed by atoms with van der Waals surface area (Å²) in [6, 6.07) is 30.1. The van der Waals surface area contributed by atoms with Gasteiger partial charge in [-0.05, 0) is 128 Å². The molecule has 2 aliphatic heterocycles. The number of nitrogens with zero attached hydrogens (tertiary/aromatic N) is 3. The van der Waals surface area contributed by atoms with E-state index in [1.54, 1.807) is 7.11 Å². The maximum Gasteiger partial charge on any atom is 0.119 e. The van der Waals surface area contributed by atoms with E-state index in [2.05, 4.69) is 106 Å². The Morgan fingerprint density at radius 3 is 2.15 bits per heavy atom. The molecule has 0 radical (unpaired) electrons. The van der Waals surface area contributed by atoms with Gasteiger partial charge in [0.1, 0.15) is 17.2 Å². The molecule has 7 nitrogen and oxygen atoms in total. The molecule has 2 aliphatic rings. The number of hydrogen-bond donors (Lipinski definition) is 1. The zero-order valence-corrected chi connectivity index (χ0v) is 27.8. The van der Waals surface area contributed by atoms with E-state index in [0.29, 0.717) is 19.3 Å². The number of likely N-dealkylation sites (tertiary alicyclic amines) is 1. The topological polar surface area (TPSA) is 59.1 Å². The summed E-state index contributed by atoms with van der Waals surface area (Å²) in [5, 5.41) is 3.51. The fourth-order valence-corrected chi connectivity index (χ4v) is 6.48. The largest absolute Gasteiger partial charge is 0.497 e. The second-order valence-electron chi connectivity index (χ2n) is 12.1. The number of anilines is 1. The van der Waals surface area contributed by atoms with Gasteiger partial charge in [-0.2, -0.15) is 0 Å². The van der Waals surface area contributed by atoms with Crippen molar-refractivity contribution in [3.8, 4) is 28.5 Å². The van der Waals surface area contributed by atoms with Gasteiger partial charge >= 0.3 is 0 Å². The Bertz CT molecular complexity index is 1630. The monoisotopic (exact) mass is 630 g/mol. The van der Waals surface area contributed by atoms with Gasteiger partial charge in [-0.15, -0.1) is 0 Å². The Morgan fingerprint density at radius 1 is 0.830 bits per heavy atom. The first-order valence-corrected chi connectivity index (χ1v) is 16.8. The van der Waals surface area contributed by atoms with Crippen molar-refractivity contribution in [1.82, 2.24) is 15.2 Å². The SMILES string of the molecule is CCOc1ccc(-c2cc(CN(c3ccc(OC)cc3)C3CCN(CC4=CC(c5ccc(OCC)cc5)NC=C4)CC3)ccn2)cc1. The van der Waals surface area contributed by atoms with Crippen molar-refractivity contribution in [2.75, 3.05) is 44.9 Å². The molecule has 1 N–H and O–H groups in total. The smallest absolute Gasteiger partial charge is 0.119 e. The lowest BCUT2D eigenvalue weighted by Crippen LogP contribution is -2.45. The number of pyridine rings is 1. The van der Waals surface area contributed by atoms with E-state index in [1.165, 1.54) is 22.4 Å². The molecule has 7 heteroatoms. The minimum Gasteiger partial charge on any atom is -0.497 e. The molecule has 1 unspecified atom stereocenters. The minimum absolute atomic E-state index is 0.168. The summed E-state index contributed by atoms with van der Waals surface area (Å²) in [4.78, 5) is 9.86. The zero-order chi connectivity index (χ0) is 32.4. The summed E-state index contributed by atoms with van der Waals surface area (Å²) in [6.45, 7) is 9.22. The number of nitrogens with one attached hydrogen (secondary N) is 1. The second-order valence-corrected chi connectivity index (χ2v) is 12.1. The van der Waals surface area contributed by atoms with Crippen molar-refractivity contribution in [2.45, 2.75) is 45.3 Å². The second kappa shape index (κ2) is 15.7. The highest BCUT2D eigenvalue weighted by Crippen LogP contribution is 2.30. The molecule has 3 aromatic carbocycles. The van der Waals surface area contributed by atoms with Gasteiger partial charge in [0.2, 0.25) is 0 Å². The van der Waals surface area contributed by atoms with Crippen LogP contribution in [0.2, 0.25) is 0 Å². The molecule has 4 aromatic rings. The highest BCUT2D eigenvalue weighted by atomic mass is 16.5. The Hall–Kier alpha value is -4.75. The molecule has 1 fully saturated rings. The maximum absolute atomic E-state index is 5.64. The predicted molar refractivity (Wildman–Crippen MR) is 190 cm³/mol. The number of aromatic nitrogens is 1. The van der Waals surface area contributed by atoms with Gasteiger partial charge in [0.15, 0.2) is 0 Å². The molecule has 1 atom stereocenters. The molecule has 244 valence electrons. The van der Waals surface area contributed by atoms with Crippen LogP contribution < -0.4 is 24.4 Å². The van der Waals surface area contributed by atoms with Crippen LogP contribution in [0.25, 0.3) is 11.3 Å². The average Bonchev–Trinajstić information content (AvgIpc) is 3.12. The normalized spacial score (nSPS) is 16.7. The number of ether oxygens (including phenoxy) is 3. The zero-order valence-electron chi connectivity index (χ0n) is 27.8. The first-order chi connectivity index (χ1) is 23.1. The predicted octanol–water partition coefficient (Wildman–Crippen LogP) is 7.81. The van der Waals surface area contributed by atoms with E-state index in [0.717, 1.165) is 67.5 Å². The summed E-state index contributed by atoms with van der Waals surface area (Å²) in [6.07, 6.45) is 10.8. The van der Waals surface area contributed by atoms with Crippen LogP contribution in [0.1, 0.15) is 43.9 Å². The van der Waals surface area contributed by atoms with Crippen LogP contribution in [0.4, 0.5) is 5.69 Å². The Morgan fingerprint density at radius 2 is 1.49 bits per heavy atom. The van der Waals surface area contributed by atoms with Gasteiger partial charge in [-0.25, -0.2) is 0 Å². The number of dihydropyridines is 1. The van der Waals surface area contributed by atoms with Crippen molar-refractivity contribution in [3.05, 3.63) is 126 Å². The molecule has 1 aromatic heterocycles.